The van der Waals surface area contributed by atoms with Gasteiger partial charge in [0, 0.05) is 22.5 Å². The van der Waals surface area contributed by atoms with Gasteiger partial charge in [0.25, 0.3) is 0 Å². The maximum atomic E-state index is 13.3. The van der Waals surface area contributed by atoms with Gasteiger partial charge in [-0.3, -0.25) is 4.79 Å². The predicted molar refractivity (Wildman–Crippen MR) is 111 cm³/mol. The number of ketones is 1. The van der Waals surface area contributed by atoms with Crippen LogP contribution in [-0.2, 0) is 5.41 Å². The summed E-state index contributed by atoms with van der Waals surface area (Å²) in [5.74, 6) is 0.102. The van der Waals surface area contributed by atoms with Crippen LogP contribution in [0, 0.1) is 0 Å². The molecule has 28 heavy (non-hydrogen) atoms. The minimum absolute atomic E-state index is 0.102. The van der Waals surface area contributed by atoms with Gasteiger partial charge >= 0.3 is 0 Å². The van der Waals surface area contributed by atoms with Gasteiger partial charge in [-0.2, -0.15) is 0 Å². The van der Waals surface area contributed by atoms with Crippen LogP contribution in [-0.4, -0.2) is 5.78 Å². The Kier molecular flexibility index (Phi) is 2.99. The first-order valence-electron chi connectivity index (χ1n) is 9.51. The van der Waals surface area contributed by atoms with Crippen LogP contribution in [0.4, 0.5) is 11.4 Å². The highest BCUT2D eigenvalue weighted by atomic mass is 16.1. The molecule has 2 nitrogen and oxygen atoms in total. The van der Waals surface area contributed by atoms with Crippen LogP contribution in [0.1, 0.15) is 38.2 Å². The normalized spacial score (nSPS) is 15.1. The van der Waals surface area contributed by atoms with Crippen LogP contribution in [0.15, 0.2) is 97.1 Å². The molecule has 0 unspecified atom stereocenters. The van der Waals surface area contributed by atoms with Crippen molar-refractivity contribution in [1.29, 1.82) is 0 Å². The highest BCUT2D eigenvalue weighted by Gasteiger charge is 2.49. The van der Waals surface area contributed by atoms with Crippen LogP contribution < -0.4 is 5.32 Å². The summed E-state index contributed by atoms with van der Waals surface area (Å²) in [7, 11) is 0. The molecule has 132 valence electrons. The van der Waals surface area contributed by atoms with Crippen LogP contribution in [0.2, 0.25) is 0 Å². The average molecular weight is 359 g/mol. The first-order valence-corrected chi connectivity index (χ1v) is 9.51. The molecule has 1 heterocycles. The number of benzene rings is 4. The van der Waals surface area contributed by atoms with E-state index in [1.54, 1.807) is 0 Å². The van der Waals surface area contributed by atoms with E-state index in [1.807, 2.05) is 36.4 Å². The molecule has 4 aromatic carbocycles. The lowest BCUT2D eigenvalue weighted by molar-refractivity contribution is 0.103. The molecule has 1 aliphatic carbocycles. The topological polar surface area (TPSA) is 29.1 Å². The second-order valence-corrected chi connectivity index (χ2v) is 7.39. The van der Waals surface area contributed by atoms with Crippen molar-refractivity contribution in [1.82, 2.24) is 0 Å². The van der Waals surface area contributed by atoms with Crippen LogP contribution in [0.5, 0.6) is 0 Å². The summed E-state index contributed by atoms with van der Waals surface area (Å²) in [6.45, 7) is 0. The van der Waals surface area contributed by atoms with Crippen molar-refractivity contribution in [3.63, 3.8) is 0 Å². The molecule has 0 bridgehead atoms. The molecule has 1 spiro atoms. The average Bonchev–Trinajstić information content (AvgIpc) is 2.77. The summed E-state index contributed by atoms with van der Waals surface area (Å²) in [6.07, 6.45) is 0. The van der Waals surface area contributed by atoms with Crippen LogP contribution in [0.3, 0.4) is 0 Å². The number of rotatable bonds is 0. The third-order valence-electron chi connectivity index (χ3n) is 6.08. The van der Waals surface area contributed by atoms with E-state index in [2.05, 4.69) is 66.0 Å². The largest absolute Gasteiger partial charge is 0.355 e. The molecular formula is C26H17NO. The molecule has 0 aromatic heterocycles. The van der Waals surface area contributed by atoms with Crippen molar-refractivity contribution in [2.75, 3.05) is 5.32 Å². The zero-order valence-electron chi connectivity index (χ0n) is 15.1. The summed E-state index contributed by atoms with van der Waals surface area (Å²) in [5.41, 5.74) is 7.70. The molecule has 1 N–H and O–H groups in total. The van der Waals surface area contributed by atoms with Crippen molar-refractivity contribution in [3.8, 4) is 0 Å². The summed E-state index contributed by atoms with van der Waals surface area (Å²) in [6, 6.07) is 33.0. The van der Waals surface area contributed by atoms with E-state index >= 15 is 0 Å². The monoisotopic (exact) mass is 359 g/mol. The number of para-hydroxylation sites is 2. The molecule has 0 amide bonds. The number of hydrogen-bond acceptors (Lipinski definition) is 2. The molecule has 0 atom stereocenters. The Morgan fingerprint density at radius 3 is 1.39 bits per heavy atom. The fourth-order valence-corrected chi connectivity index (χ4v) is 5.02. The van der Waals surface area contributed by atoms with Gasteiger partial charge < -0.3 is 5.32 Å². The Morgan fingerprint density at radius 1 is 0.500 bits per heavy atom. The van der Waals surface area contributed by atoms with Gasteiger partial charge in [-0.05, 0) is 34.4 Å². The van der Waals surface area contributed by atoms with Gasteiger partial charge in [-0.1, -0.05) is 84.9 Å². The molecule has 2 aliphatic rings. The van der Waals surface area contributed by atoms with E-state index in [0.717, 1.165) is 33.6 Å². The van der Waals surface area contributed by atoms with Gasteiger partial charge in [-0.15, -0.1) is 0 Å². The Labute approximate surface area is 163 Å². The van der Waals surface area contributed by atoms with E-state index in [9.17, 15) is 4.79 Å². The van der Waals surface area contributed by atoms with Gasteiger partial charge in [-0.25, -0.2) is 0 Å². The van der Waals surface area contributed by atoms with E-state index in [1.165, 1.54) is 11.1 Å². The summed E-state index contributed by atoms with van der Waals surface area (Å²) in [4.78, 5) is 13.3. The van der Waals surface area contributed by atoms with E-state index < -0.39 is 5.41 Å². The van der Waals surface area contributed by atoms with Crippen LogP contribution >= 0.6 is 0 Å². The lowest BCUT2D eigenvalue weighted by Gasteiger charge is -2.45. The van der Waals surface area contributed by atoms with Gasteiger partial charge in [0.15, 0.2) is 5.78 Å². The van der Waals surface area contributed by atoms with Crippen molar-refractivity contribution in [2.24, 2.45) is 0 Å². The quantitative estimate of drug-likeness (QED) is 0.378. The fraction of sp³-hybridized carbons (Fsp3) is 0.0385. The van der Waals surface area contributed by atoms with Crippen molar-refractivity contribution in [2.45, 2.75) is 5.41 Å². The smallest absolute Gasteiger partial charge is 0.193 e. The minimum atomic E-state index is -0.514. The van der Waals surface area contributed by atoms with Gasteiger partial charge in [0.1, 0.15) is 0 Å². The first kappa shape index (κ1) is 15.4. The molecular weight excluding hydrogens is 342 g/mol. The number of nitrogens with one attached hydrogen (secondary N) is 1. The van der Waals surface area contributed by atoms with Crippen LogP contribution in [0.25, 0.3) is 0 Å². The minimum Gasteiger partial charge on any atom is -0.355 e. The van der Waals surface area contributed by atoms with E-state index in [0.29, 0.717) is 0 Å². The Balaban J connectivity index is 1.88. The molecule has 4 aromatic rings. The maximum Gasteiger partial charge on any atom is 0.193 e. The highest BCUT2D eigenvalue weighted by molar-refractivity contribution is 6.14. The third-order valence-corrected chi connectivity index (χ3v) is 6.08. The second-order valence-electron chi connectivity index (χ2n) is 7.39. The molecule has 0 radical (unpaired) electrons. The predicted octanol–water partition coefficient (Wildman–Crippen LogP) is 5.67. The standard InChI is InChI=1S/C26H17NO/c28-25-17-9-1-3-11-19(17)26(20-12-4-2-10-18(20)25)21-13-5-7-15-23(21)27-24-16-8-6-14-22(24)26/h1-16,27H. The fourth-order valence-electron chi connectivity index (χ4n) is 5.02. The molecule has 1 aliphatic heterocycles. The number of hydrogen-bond donors (Lipinski definition) is 1. The molecule has 2 heteroatoms. The Morgan fingerprint density at radius 2 is 0.893 bits per heavy atom. The third kappa shape index (κ3) is 1.75. The zero-order chi connectivity index (χ0) is 18.7. The molecule has 6 rings (SSSR count). The van der Waals surface area contributed by atoms with E-state index in [4.69, 9.17) is 0 Å². The maximum absolute atomic E-state index is 13.3. The second kappa shape index (κ2) is 5.43. The summed E-state index contributed by atoms with van der Waals surface area (Å²) < 4.78 is 0. The van der Waals surface area contributed by atoms with Crippen molar-refractivity contribution < 1.29 is 4.79 Å². The molecule has 0 saturated carbocycles. The first-order chi connectivity index (χ1) is 13.8. The van der Waals surface area contributed by atoms with Gasteiger partial charge in [0.05, 0.1) is 5.41 Å². The SMILES string of the molecule is O=C1c2ccccc2C2(c3ccccc3Nc3ccccc32)c2ccccc21. The number of fused-ring (bicyclic) bond motifs is 8. The van der Waals surface area contributed by atoms with Gasteiger partial charge in [0.2, 0.25) is 0 Å². The number of carbonyl (C=O) groups excluding carboxylic acids is 1. The summed E-state index contributed by atoms with van der Waals surface area (Å²) >= 11 is 0. The van der Waals surface area contributed by atoms with E-state index in [-0.39, 0.29) is 5.78 Å². The summed E-state index contributed by atoms with van der Waals surface area (Å²) in [5, 5.41) is 3.60. The van der Waals surface area contributed by atoms with Crippen molar-refractivity contribution in [3.05, 3.63) is 130 Å². The Bertz CT molecular complexity index is 1170. The lowest BCUT2D eigenvalue weighted by Crippen LogP contribution is -2.40. The Hall–Kier alpha value is -3.65. The number of anilines is 2. The zero-order valence-corrected chi connectivity index (χ0v) is 15.1. The van der Waals surface area contributed by atoms with Crippen molar-refractivity contribution >= 4 is 17.2 Å². The lowest BCUT2D eigenvalue weighted by atomic mass is 9.58. The highest BCUT2D eigenvalue weighted by Crippen LogP contribution is 2.56. The molecule has 0 saturated heterocycles. The molecule has 0 fully saturated rings. The number of carbonyl (C=O) groups is 1.